The van der Waals surface area contributed by atoms with Gasteiger partial charge in [0, 0.05) is 30.2 Å². The smallest absolute Gasteiger partial charge is 0.265 e. The van der Waals surface area contributed by atoms with Crippen molar-refractivity contribution in [2.24, 2.45) is 10.7 Å². The lowest BCUT2D eigenvalue weighted by Gasteiger charge is -2.18. The van der Waals surface area contributed by atoms with Crippen molar-refractivity contribution in [1.29, 1.82) is 0 Å². The number of benzene rings is 1. The molecule has 6 nitrogen and oxygen atoms in total. The standard InChI is InChI=1S/C23H20N4O2/c24-23(28)21-15-18-16-27(21)13-12-25-10-5-3-1-2-4-6-17-7-8-20-19(14-17)22(29-18)9-11-26-20/h1-15,18H,16H2,(H2,24,28). The van der Waals surface area contributed by atoms with Gasteiger partial charge in [-0.25, -0.2) is 0 Å². The van der Waals surface area contributed by atoms with Crippen LogP contribution in [0.5, 0.6) is 5.75 Å². The van der Waals surface area contributed by atoms with Crippen LogP contribution in [0, 0.1) is 0 Å². The van der Waals surface area contributed by atoms with E-state index in [0.717, 1.165) is 16.5 Å². The van der Waals surface area contributed by atoms with Gasteiger partial charge in [-0.1, -0.05) is 36.4 Å². The number of hydrogen-bond acceptors (Lipinski definition) is 5. The van der Waals surface area contributed by atoms with E-state index >= 15 is 0 Å². The molecule has 1 amide bonds. The maximum absolute atomic E-state index is 11.8. The Balaban J connectivity index is 1.76. The Morgan fingerprint density at radius 1 is 1.14 bits per heavy atom. The Morgan fingerprint density at radius 2 is 2.00 bits per heavy atom. The summed E-state index contributed by atoms with van der Waals surface area (Å²) in [6, 6.07) is 7.85. The summed E-state index contributed by atoms with van der Waals surface area (Å²) < 4.78 is 6.21. The molecule has 2 aliphatic rings. The molecule has 0 saturated heterocycles. The second-order valence-corrected chi connectivity index (χ2v) is 6.54. The highest BCUT2D eigenvalue weighted by molar-refractivity contribution is 5.92. The summed E-state index contributed by atoms with van der Waals surface area (Å²) in [7, 11) is 0. The van der Waals surface area contributed by atoms with Crippen LogP contribution >= 0.6 is 0 Å². The molecule has 144 valence electrons. The molecule has 0 radical (unpaired) electrons. The number of fused-ring (bicyclic) bond motifs is 3. The number of carbonyl (C=O) groups excluding carboxylic acids is 1. The van der Waals surface area contributed by atoms with Crippen molar-refractivity contribution in [1.82, 2.24) is 9.88 Å². The molecule has 1 aromatic heterocycles. The largest absolute Gasteiger partial charge is 0.484 e. The lowest BCUT2D eigenvalue weighted by Crippen LogP contribution is -2.27. The first-order valence-electron chi connectivity index (χ1n) is 9.24. The Labute approximate surface area is 168 Å². The third-order valence-corrected chi connectivity index (χ3v) is 4.52. The quantitative estimate of drug-likeness (QED) is 0.818. The molecular formula is C23H20N4O2. The van der Waals surface area contributed by atoms with Gasteiger partial charge in [0.25, 0.3) is 5.91 Å². The summed E-state index contributed by atoms with van der Waals surface area (Å²) in [5.74, 6) is 0.200. The van der Waals surface area contributed by atoms with Crippen LogP contribution in [-0.2, 0) is 4.79 Å². The first kappa shape index (κ1) is 18.4. The van der Waals surface area contributed by atoms with Crippen molar-refractivity contribution in [3.05, 3.63) is 90.6 Å². The summed E-state index contributed by atoms with van der Waals surface area (Å²) in [6.45, 7) is 0.465. The number of nitrogens with zero attached hydrogens (tertiary/aromatic N) is 3. The average molecular weight is 384 g/mol. The first-order valence-corrected chi connectivity index (χ1v) is 9.24. The normalized spacial score (nSPS) is 18.6. The van der Waals surface area contributed by atoms with Crippen LogP contribution in [0.4, 0.5) is 0 Å². The molecule has 3 heterocycles. The van der Waals surface area contributed by atoms with E-state index in [0.29, 0.717) is 18.0 Å². The van der Waals surface area contributed by atoms with Crippen molar-refractivity contribution in [3.8, 4) is 5.75 Å². The minimum Gasteiger partial charge on any atom is -0.484 e. The maximum atomic E-state index is 11.8. The summed E-state index contributed by atoms with van der Waals surface area (Å²) in [6.07, 6.45) is 19.7. The van der Waals surface area contributed by atoms with E-state index in [4.69, 9.17) is 10.5 Å². The van der Waals surface area contributed by atoms with Crippen LogP contribution < -0.4 is 10.5 Å². The van der Waals surface area contributed by atoms with Crippen LogP contribution in [0.15, 0.2) is 90.0 Å². The Kier molecular flexibility index (Phi) is 5.33. The molecule has 0 spiro atoms. The number of rotatable bonds is 1. The van der Waals surface area contributed by atoms with Crippen molar-refractivity contribution >= 4 is 29.1 Å². The summed E-state index contributed by atoms with van der Waals surface area (Å²) >= 11 is 0. The molecule has 2 aromatic rings. The molecule has 0 saturated carbocycles. The molecule has 2 N–H and O–H groups in total. The highest BCUT2D eigenvalue weighted by Gasteiger charge is 2.27. The highest BCUT2D eigenvalue weighted by atomic mass is 16.5. The fraction of sp³-hybridized carbons (Fsp3) is 0.0870. The number of hydrogen-bond donors (Lipinski definition) is 1. The molecule has 1 atom stereocenters. The second kappa shape index (κ2) is 8.39. The lowest BCUT2D eigenvalue weighted by atomic mass is 10.1. The summed E-state index contributed by atoms with van der Waals surface area (Å²) in [5, 5.41) is 0.909. The molecule has 0 fully saturated rings. The first-order chi connectivity index (χ1) is 14.2. The second-order valence-electron chi connectivity index (χ2n) is 6.54. The van der Waals surface area contributed by atoms with Gasteiger partial charge in [-0.3, -0.25) is 14.8 Å². The zero-order valence-electron chi connectivity index (χ0n) is 15.7. The SMILES string of the molecule is NC(=O)C1=CC2CN1C=CN=CC=CC=CC=Cc1ccc3nccc(c3c1)O2. The third kappa shape index (κ3) is 4.32. The molecule has 1 unspecified atom stereocenters. The monoisotopic (exact) mass is 384 g/mol. The van der Waals surface area contributed by atoms with Crippen molar-refractivity contribution in [2.45, 2.75) is 6.10 Å². The van der Waals surface area contributed by atoms with Gasteiger partial charge >= 0.3 is 0 Å². The van der Waals surface area contributed by atoms with E-state index in [9.17, 15) is 4.79 Å². The van der Waals surface area contributed by atoms with Gasteiger partial charge in [0.1, 0.15) is 17.6 Å². The van der Waals surface area contributed by atoms with Crippen molar-refractivity contribution < 1.29 is 9.53 Å². The van der Waals surface area contributed by atoms with E-state index in [1.165, 1.54) is 0 Å². The number of allylic oxidation sites excluding steroid dienone is 5. The van der Waals surface area contributed by atoms with Crippen LogP contribution in [0.3, 0.4) is 0 Å². The Hall–Kier alpha value is -3.93. The average Bonchev–Trinajstić information content (AvgIpc) is 3.12. The predicted molar refractivity (Wildman–Crippen MR) is 115 cm³/mol. The molecule has 2 aliphatic heterocycles. The molecule has 4 rings (SSSR count). The van der Waals surface area contributed by atoms with Gasteiger partial charge in [0.15, 0.2) is 0 Å². The minimum absolute atomic E-state index is 0.322. The van der Waals surface area contributed by atoms with Gasteiger partial charge in [-0.05, 0) is 35.9 Å². The van der Waals surface area contributed by atoms with E-state index in [1.54, 1.807) is 35.8 Å². The van der Waals surface area contributed by atoms with Gasteiger partial charge in [0.05, 0.1) is 12.1 Å². The molecule has 6 heteroatoms. The van der Waals surface area contributed by atoms with E-state index in [2.05, 4.69) is 9.98 Å². The van der Waals surface area contributed by atoms with Crippen molar-refractivity contribution in [3.63, 3.8) is 0 Å². The molecule has 0 aliphatic carbocycles. The van der Waals surface area contributed by atoms with Crippen LogP contribution in [0.25, 0.3) is 17.0 Å². The fourth-order valence-corrected chi connectivity index (χ4v) is 3.19. The van der Waals surface area contributed by atoms with Gasteiger partial charge < -0.3 is 15.4 Å². The molecular weight excluding hydrogens is 364 g/mol. The third-order valence-electron chi connectivity index (χ3n) is 4.52. The predicted octanol–water partition coefficient (Wildman–Crippen LogP) is 3.35. The molecule has 29 heavy (non-hydrogen) atoms. The Bertz CT molecular complexity index is 1110. The minimum atomic E-state index is -0.507. The molecule has 4 bridgehead atoms. The number of ether oxygens (including phenoxy) is 1. The van der Waals surface area contributed by atoms with Crippen LogP contribution in [0.1, 0.15) is 5.56 Å². The number of carbonyl (C=O) groups is 1. The lowest BCUT2D eigenvalue weighted by molar-refractivity contribution is -0.115. The number of nitrogens with two attached hydrogens (primary N) is 1. The van der Waals surface area contributed by atoms with E-state index in [-0.39, 0.29) is 6.10 Å². The maximum Gasteiger partial charge on any atom is 0.265 e. The highest BCUT2D eigenvalue weighted by Crippen LogP contribution is 2.28. The van der Waals surface area contributed by atoms with E-state index in [1.807, 2.05) is 60.7 Å². The van der Waals surface area contributed by atoms with Crippen LogP contribution in [0.2, 0.25) is 0 Å². The van der Waals surface area contributed by atoms with Gasteiger partial charge in [0.2, 0.25) is 0 Å². The number of pyridine rings is 1. The number of primary amides is 1. The molecule has 1 aromatic carbocycles. The van der Waals surface area contributed by atoms with E-state index < -0.39 is 5.91 Å². The number of amides is 1. The Morgan fingerprint density at radius 3 is 2.90 bits per heavy atom. The van der Waals surface area contributed by atoms with Crippen molar-refractivity contribution in [2.75, 3.05) is 6.54 Å². The van der Waals surface area contributed by atoms with Gasteiger partial charge in [-0.2, -0.15) is 0 Å². The summed E-state index contributed by atoms with van der Waals surface area (Å²) in [4.78, 5) is 22.2. The number of aliphatic imine (C=N–C) groups is 1. The zero-order chi connectivity index (χ0) is 20.1. The topological polar surface area (TPSA) is 80.8 Å². The number of aromatic nitrogens is 1. The summed E-state index contributed by atoms with van der Waals surface area (Å²) in [5.41, 5.74) is 7.81. The van der Waals surface area contributed by atoms with Gasteiger partial charge in [-0.15, -0.1) is 0 Å². The van der Waals surface area contributed by atoms with Crippen LogP contribution in [-0.4, -0.2) is 34.7 Å². The zero-order valence-corrected chi connectivity index (χ0v) is 15.7. The fourth-order valence-electron chi connectivity index (χ4n) is 3.19.